The van der Waals surface area contributed by atoms with Gasteiger partial charge in [0, 0.05) is 23.7 Å². The second kappa shape index (κ2) is 7.28. The lowest BCUT2D eigenvalue weighted by molar-refractivity contribution is 0.115. The third-order valence-corrected chi connectivity index (χ3v) is 4.33. The van der Waals surface area contributed by atoms with E-state index in [1.807, 2.05) is 12.1 Å². The van der Waals surface area contributed by atoms with Crippen molar-refractivity contribution in [3.8, 4) is 0 Å². The van der Waals surface area contributed by atoms with Gasteiger partial charge in [0.1, 0.15) is 0 Å². The van der Waals surface area contributed by atoms with E-state index in [0.29, 0.717) is 12.1 Å². The number of nitrogens with two attached hydrogens (primary N) is 1. The van der Waals surface area contributed by atoms with Gasteiger partial charge in [0.05, 0.1) is 0 Å². The molecule has 1 aromatic rings. The van der Waals surface area contributed by atoms with E-state index >= 15 is 0 Å². The SMILES string of the molecule is CCCC(N)C1CCCCN1Cc1ccc(Cl)cc1. The van der Waals surface area contributed by atoms with Crippen LogP contribution in [-0.2, 0) is 6.54 Å². The number of benzene rings is 1. The van der Waals surface area contributed by atoms with Gasteiger partial charge in [-0.3, -0.25) is 4.90 Å². The molecule has 0 aliphatic carbocycles. The Kier molecular flexibility index (Phi) is 5.68. The van der Waals surface area contributed by atoms with Crippen LogP contribution >= 0.6 is 11.6 Å². The van der Waals surface area contributed by atoms with Crippen molar-refractivity contribution in [3.63, 3.8) is 0 Å². The zero-order chi connectivity index (χ0) is 13.7. The number of nitrogens with zero attached hydrogens (tertiary/aromatic N) is 1. The predicted octanol–water partition coefficient (Wildman–Crippen LogP) is 3.82. The maximum atomic E-state index is 6.36. The Hall–Kier alpha value is -0.570. The molecule has 1 aliphatic heterocycles. The molecule has 0 amide bonds. The first-order valence-electron chi connectivity index (χ1n) is 7.44. The van der Waals surface area contributed by atoms with Crippen LogP contribution in [0.5, 0.6) is 0 Å². The third kappa shape index (κ3) is 4.20. The maximum Gasteiger partial charge on any atom is 0.0406 e. The Morgan fingerprint density at radius 3 is 2.74 bits per heavy atom. The molecule has 1 aliphatic rings. The number of hydrogen-bond donors (Lipinski definition) is 1. The smallest absolute Gasteiger partial charge is 0.0406 e. The van der Waals surface area contributed by atoms with Crippen molar-refractivity contribution in [3.05, 3.63) is 34.9 Å². The van der Waals surface area contributed by atoms with Crippen molar-refractivity contribution < 1.29 is 0 Å². The van der Waals surface area contributed by atoms with Crippen molar-refractivity contribution in [2.45, 2.75) is 57.7 Å². The lowest BCUT2D eigenvalue weighted by Crippen LogP contribution is -2.49. The van der Waals surface area contributed by atoms with Gasteiger partial charge in [0.15, 0.2) is 0 Å². The normalized spacial score (nSPS) is 22.4. The zero-order valence-corrected chi connectivity index (χ0v) is 12.6. The molecule has 0 radical (unpaired) electrons. The molecule has 106 valence electrons. The Morgan fingerprint density at radius 2 is 2.05 bits per heavy atom. The lowest BCUT2D eigenvalue weighted by atomic mass is 9.93. The Morgan fingerprint density at radius 1 is 1.32 bits per heavy atom. The highest BCUT2D eigenvalue weighted by Crippen LogP contribution is 2.23. The molecule has 2 unspecified atom stereocenters. The first-order chi connectivity index (χ1) is 9.20. The summed E-state index contributed by atoms with van der Waals surface area (Å²) in [7, 11) is 0. The van der Waals surface area contributed by atoms with Crippen molar-refractivity contribution in [1.82, 2.24) is 4.90 Å². The molecular weight excluding hydrogens is 256 g/mol. The molecule has 2 nitrogen and oxygen atoms in total. The molecule has 1 fully saturated rings. The van der Waals surface area contributed by atoms with Crippen molar-refractivity contribution in [2.75, 3.05) is 6.54 Å². The highest BCUT2D eigenvalue weighted by atomic mass is 35.5. The molecule has 0 spiro atoms. The summed E-state index contributed by atoms with van der Waals surface area (Å²) < 4.78 is 0. The molecule has 0 saturated carbocycles. The Bertz CT molecular complexity index is 377. The van der Waals surface area contributed by atoms with Gasteiger partial charge in [-0.2, -0.15) is 0 Å². The van der Waals surface area contributed by atoms with Crippen LogP contribution in [0.15, 0.2) is 24.3 Å². The summed E-state index contributed by atoms with van der Waals surface area (Å²) in [5.74, 6) is 0. The van der Waals surface area contributed by atoms with Crippen LogP contribution in [0.25, 0.3) is 0 Å². The molecule has 0 aromatic heterocycles. The summed E-state index contributed by atoms with van der Waals surface area (Å²) in [6.07, 6.45) is 6.16. The summed E-state index contributed by atoms with van der Waals surface area (Å²) in [6, 6.07) is 9.06. The van der Waals surface area contributed by atoms with Crippen molar-refractivity contribution >= 4 is 11.6 Å². The van der Waals surface area contributed by atoms with E-state index in [1.54, 1.807) is 0 Å². The first kappa shape index (κ1) is 14.8. The van der Waals surface area contributed by atoms with E-state index < -0.39 is 0 Å². The van der Waals surface area contributed by atoms with Crippen molar-refractivity contribution in [1.29, 1.82) is 0 Å². The quantitative estimate of drug-likeness (QED) is 0.888. The summed E-state index contributed by atoms with van der Waals surface area (Å²) >= 11 is 5.94. The van der Waals surface area contributed by atoms with Crippen LogP contribution in [0.3, 0.4) is 0 Å². The van der Waals surface area contributed by atoms with E-state index in [-0.39, 0.29) is 0 Å². The number of halogens is 1. The predicted molar refractivity (Wildman–Crippen MR) is 82.4 cm³/mol. The van der Waals surface area contributed by atoms with Crippen LogP contribution in [0.1, 0.15) is 44.6 Å². The van der Waals surface area contributed by atoms with Gasteiger partial charge in [-0.05, 0) is 43.5 Å². The number of likely N-dealkylation sites (tertiary alicyclic amines) is 1. The molecule has 2 rings (SSSR count). The van der Waals surface area contributed by atoms with Gasteiger partial charge >= 0.3 is 0 Å². The van der Waals surface area contributed by atoms with E-state index in [1.165, 1.54) is 37.8 Å². The lowest BCUT2D eigenvalue weighted by Gasteiger charge is -2.39. The monoisotopic (exact) mass is 280 g/mol. The first-order valence-corrected chi connectivity index (χ1v) is 7.82. The van der Waals surface area contributed by atoms with Gasteiger partial charge in [-0.1, -0.05) is 43.5 Å². The van der Waals surface area contributed by atoms with Crippen LogP contribution in [-0.4, -0.2) is 23.5 Å². The number of rotatable bonds is 5. The van der Waals surface area contributed by atoms with Crippen LogP contribution in [0.2, 0.25) is 5.02 Å². The van der Waals surface area contributed by atoms with E-state index in [2.05, 4.69) is 24.0 Å². The largest absolute Gasteiger partial charge is 0.326 e. The van der Waals surface area contributed by atoms with Gasteiger partial charge in [0.25, 0.3) is 0 Å². The van der Waals surface area contributed by atoms with Crippen LogP contribution < -0.4 is 5.73 Å². The standard InChI is InChI=1S/C16H25ClN2/c1-2-5-15(18)16-6-3-4-11-19(16)12-13-7-9-14(17)10-8-13/h7-10,15-16H,2-6,11-12,18H2,1H3. The summed E-state index contributed by atoms with van der Waals surface area (Å²) in [5, 5.41) is 0.807. The fraction of sp³-hybridized carbons (Fsp3) is 0.625. The molecule has 3 heteroatoms. The summed E-state index contributed by atoms with van der Waals surface area (Å²) in [6.45, 7) is 4.39. The molecule has 19 heavy (non-hydrogen) atoms. The zero-order valence-electron chi connectivity index (χ0n) is 11.8. The average Bonchev–Trinajstić information content (AvgIpc) is 2.42. The van der Waals surface area contributed by atoms with E-state index in [4.69, 9.17) is 17.3 Å². The third-order valence-electron chi connectivity index (χ3n) is 4.08. The fourth-order valence-corrected chi connectivity index (χ4v) is 3.17. The fourth-order valence-electron chi connectivity index (χ4n) is 3.05. The van der Waals surface area contributed by atoms with Gasteiger partial charge < -0.3 is 5.73 Å². The highest BCUT2D eigenvalue weighted by molar-refractivity contribution is 6.30. The Labute approximate surface area is 121 Å². The summed E-state index contributed by atoms with van der Waals surface area (Å²) in [5.41, 5.74) is 7.70. The topological polar surface area (TPSA) is 29.3 Å². The van der Waals surface area contributed by atoms with E-state index in [0.717, 1.165) is 18.0 Å². The minimum absolute atomic E-state index is 0.317. The summed E-state index contributed by atoms with van der Waals surface area (Å²) in [4.78, 5) is 2.56. The molecule has 2 N–H and O–H groups in total. The van der Waals surface area contributed by atoms with Crippen molar-refractivity contribution in [2.24, 2.45) is 5.73 Å². The highest BCUT2D eigenvalue weighted by Gasteiger charge is 2.27. The molecule has 1 heterocycles. The number of piperidine rings is 1. The van der Waals surface area contributed by atoms with Crippen LogP contribution in [0, 0.1) is 0 Å². The number of hydrogen-bond acceptors (Lipinski definition) is 2. The van der Waals surface area contributed by atoms with Gasteiger partial charge in [-0.25, -0.2) is 0 Å². The Balaban J connectivity index is 2.00. The molecular formula is C16H25ClN2. The second-order valence-corrected chi connectivity index (χ2v) is 6.05. The maximum absolute atomic E-state index is 6.36. The second-order valence-electron chi connectivity index (χ2n) is 5.61. The minimum Gasteiger partial charge on any atom is -0.326 e. The van der Waals surface area contributed by atoms with Crippen LogP contribution in [0.4, 0.5) is 0 Å². The molecule has 1 aromatic carbocycles. The van der Waals surface area contributed by atoms with E-state index in [9.17, 15) is 0 Å². The van der Waals surface area contributed by atoms with Gasteiger partial charge in [-0.15, -0.1) is 0 Å². The molecule has 0 bridgehead atoms. The minimum atomic E-state index is 0.317. The molecule has 2 atom stereocenters. The van der Waals surface area contributed by atoms with Gasteiger partial charge in [0.2, 0.25) is 0 Å². The molecule has 1 saturated heterocycles. The average molecular weight is 281 g/mol.